The van der Waals surface area contributed by atoms with Crippen LogP contribution in [0.3, 0.4) is 0 Å². The van der Waals surface area contributed by atoms with Crippen molar-refractivity contribution in [3.8, 4) is 0 Å². The van der Waals surface area contributed by atoms with Crippen LogP contribution in [-0.2, 0) is 4.79 Å². The van der Waals surface area contributed by atoms with Crippen molar-refractivity contribution >= 4 is 23.8 Å². The van der Waals surface area contributed by atoms with Crippen LogP contribution in [0.2, 0.25) is 0 Å². The number of nitrogens with one attached hydrogen (secondary N) is 2. The minimum atomic E-state index is -0.752. The third-order valence-electron chi connectivity index (χ3n) is 3.31. The van der Waals surface area contributed by atoms with Crippen molar-refractivity contribution in [2.45, 2.75) is 43.9 Å². The van der Waals surface area contributed by atoms with Gasteiger partial charge in [-0.2, -0.15) is 11.8 Å². The molecular formula is C12H22N2O3S. The van der Waals surface area contributed by atoms with Crippen LogP contribution in [0.5, 0.6) is 0 Å². The zero-order valence-electron chi connectivity index (χ0n) is 10.9. The van der Waals surface area contributed by atoms with E-state index in [4.69, 9.17) is 5.11 Å². The van der Waals surface area contributed by atoms with E-state index in [0.717, 1.165) is 19.3 Å². The van der Waals surface area contributed by atoms with Crippen LogP contribution in [0, 0.1) is 5.92 Å². The molecule has 0 spiro atoms. The molecule has 1 aliphatic rings. The molecule has 18 heavy (non-hydrogen) atoms. The second kappa shape index (κ2) is 7.51. The Labute approximate surface area is 112 Å². The van der Waals surface area contributed by atoms with E-state index in [-0.39, 0.29) is 18.0 Å². The lowest BCUT2D eigenvalue weighted by atomic mass is 9.86. The summed E-state index contributed by atoms with van der Waals surface area (Å²) < 4.78 is 0. The van der Waals surface area contributed by atoms with Gasteiger partial charge < -0.3 is 15.7 Å². The molecule has 0 heterocycles. The zero-order valence-corrected chi connectivity index (χ0v) is 11.8. The van der Waals surface area contributed by atoms with Gasteiger partial charge in [0, 0.05) is 17.8 Å². The van der Waals surface area contributed by atoms with Crippen LogP contribution in [0.15, 0.2) is 0 Å². The van der Waals surface area contributed by atoms with Crippen LogP contribution in [0.4, 0.5) is 4.79 Å². The Morgan fingerprint density at radius 1 is 1.44 bits per heavy atom. The number of aliphatic carboxylic acids is 1. The van der Waals surface area contributed by atoms with Gasteiger partial charge in [0.2, 0.25) is 0 Å². The molecule has 3 atom stereocenters. The maximum atomic E-state index is 11.6. The highest BCUT2D eigenvalue weighted by atomic mass is 32.2. The predicted molar refractivity (Wildman–Crippen MR) is 72.9 cm³/mol. The van der Waals surface area contributed by atoms with Crippen LogP contribution in [0.25, 0.3) is 0 Å². The Hall–Kier alpha value is -0.910. The summed E-state index contributed by atoms with van der Waals surface area (Å²) in [6, 6.07) is -0.198. The molecule has 2 amide bonds. The van der Waals surface area contributed by atoms with E-state index >= 15 is 0 Å². The van der Waals surface area contributed by atoms with Crippen LogP contribution >= 0.6 is 11.8 Å². The summed E-state index contributed by atoms with van der Waals surface area (Å²) in [5, 5.41) is 15.0. The third kappa shape index (κ3) is 5.16. The fraction of sp³-hybridized carbons (Fsp3) is 0.833. The largest absolute Gasteiger partial charge is 0.481 e. The van der Waals surface area contributed by atoms with E-state index in [0.29, 0.717) is 18.2 Å². The number of amides is 2. The number of carboxylic acid groups (broad SMARTS) is 1. The molecule has 0 saturated heterocycles. The molecule has 0 aromatic rings. The van der Waals surface area contributed by atoms with Crippen molar-refractivity contribution in [3.63, 3.8) is 0 Å². The number of rotatable bonds is 5. The molecule has 0 radical (unpaired) electrons. The fourth-order valence-electron chi connectivity index (χ4n) is 2.10. The van der Waals surface area contributed by atoms with E-state index in [2.05, 4.69) is 10.6 Å². The molecule has 0 aromatic carbocycles. The first-order valence-corrected chi connectivity index (χ1v) is 7.61. The third-order valence-corrected chi connectivity index (χ3v) is 4.28. The highest BCUT2D eigenvalue weighted by Crippen LogP contribution is 2.24. The number of hydrogen-bond donors (Lipinski definition) is 3. The Kier molecular flexibility index (Phi) is 6.32. The van der Waals surface area contributed by atoms with Gasteiger partial charge in [0.25, 0.3) is 0 Å². The van der Waals surface area contributed by atoms with Gasteiger partial charge in [-0.15, -0.1) is 0 Å². The van der Waals surface area contributed by atoms with Gasteiger partial charge in [0.1, 0.15) is 0 Å². The van der Waals surface area contributed by atoms with Gasteiger partial charge in [-0.25, -0.2) is 4.79 Å². The quantitative estimate of drug-likeness (QED) is 0.713. The second-order valence-electron chi connectivity index (χ2n) is 4.80. The molecule has 0 bridgehead atoms. The normalized spacial score (nSPS) is 25.2. The minimum Gasteiger partial charge on any atom is -0.481 e. The summed E-state index contributed by atoms with van der Waals surface area (Å²) in [7, 11) is 0. The molecule has 3 unspecified atom stereocenters. The number of thioether (sulfide) groups is 1. The highest BCUT2D eigenvalue weighted by Gasteiger charge is 2.27. The van der Waals surface area contributed by atoms with Gasteiger partial charge in [0.15, 0.2) is 0 Å². The van der Waals surface area contributed by atoms with E-state index in [1.165, 1.54) is 0 Å². The Morgan fingerprint density at radius 3 is 2.78 bits per heavy atom. The molecule has 1 rings (SSSR count). The topological polar surface area (TPSA) is 78.4 Å². The zero-order chi connectivity index (χ0) is 13.5. The summed E-state index contributed by atoms with van der Waals surface area (Å²) in [5.74, 6) is -1.06. The monoisotopic (exact) mass is 274 g/mol. The number of hydrogen-bond acceptors (Lipinski definition) is 3. The first kappa shape index (κ1) is 15.1. The van der Waals surface area contributed by atoms with Gasteiger partial charge in [-0.1, -0.05) is 13.3 Å². The smallest absolute Gasteiger partial charge is 0.315 e. The van der Waals surface area contributed by atoms with Crippen molar-refractivity contribution < 1.29 is 14.7 Å². The number of carbonyl (C=O) groups excluding carboxylic acids is 1. The summed E-state index contributed by atoms with van der Waals surface area (Å²) in [5.41, 5.74) is 0. The first-order valence-electron chi connectivity index (χ1n) is 6.33. The SMILES string of the molecule is CSC(C)CNC(=O)NC1CCCC(C(=O)O)C1. The number of carboxylic acids is 1. The first-order chi connectivity index (χ1) is 8.52. The van der Waals surface area contributed by atoms with Crippen molar-refractivity contribution in [1.29, 1.82) is 0 Å². The lowest BCUT2D eigenvalue weighted by molar-refractivity contribution is -0.143. The summed E-state index contributed by atoms with van der Waals surface area (Å²) in [6.45, 7) is 2.67. The lowest BCUT2D eigenvalue weighted by Gasteiger charge is -2.27. The van der Waals surface area contributed by atoms with Crippen molar-refractivity contribution in [2.24, 2.45) is 5.92 Å². The summed E-state index contributed by atoms with van der Waals surface area (Å²) >= 11 is 1.70. The Balaban J connectivity index is 2.29. The fourth-order valence-corrected chi connectivity index (χ4v) is 2.35. The van der Waals surface area contributed by atoms with Crippen molar-refractivity contribution in [1.82, 2.24) is 10.6 Å². The molecule has 1 aliphatic carbocycles. The van der Waals surface area contributed by atoms with E-state index in [1.807, 2.05) is 13.2 Å². The van der Waals surface area contributed by atoms with Crippen LogP contribution in [0.1, 0.15) is 32.6 Å². The van der Waals surface area contributed by atoms with Crippen LogP contribution < -0.4 is 10.6 Å². The number of carbonyl (C=O) groups is 2. The molecule has 0 aliphatic heterocycles. The van der Waals surface area contributed by atoms with E-state index < -0.39 is 5.97 Å². The molecular weight excluding hydrogens is 252 g/mol. The Morgan fingerprint density at radius 2 is 2.17 bits per heavy atom. The summed E-state index contributed by atoms with van der Waals surface area (Å²) in [6.07, 6.45) is 5.00. The summed E-state index contributed by atoms with van der Waals surface area (Å²) in [4.78, 5) is 22.5. The van der Waals surface area contributed by atoms with Crippen molar-refractivity contribution in [2.75, 3.05) is 12.8 Å². The average Bonchev–Trinajstić information content (AvgIpc) is 2.36. The van der Waals surface area contributed by atoms with E-state index in [1.54, 1.807) is 11.8 Å². The molecule has 3 N–H and O–H groups in total. The lowest BCUT2D eigenvalue weighted by Crippen LogP contribution is -2.46. The van der Waals surface area contributed by atoms with Crippen molar-refractivity contribution in [3.05, 3.63) is 0 Å². The Bertz CT molecular complexity index is 299. The average molecular weight is 274 g/mol. The number of urea groups is 1. The molecule has 1 saturated carbocycles. The molecule has 5 nitrogen and oxygen atoms in total. The van der Waals surface area contributed by atoms with Gasteiger partial charge in [-0.3, -0.25) is 4.79 Å². The maximum absolute atomic E-state index is 11.6. The minimum absolute atomic E-state index is 0.00978. The second-order valence-corrected chi connectivity index (χ2v) is 6.08. The van der Waals surface area contributed by atoms with Gasteiger partial charge in [0.05, 0.1) is 5.92 Å². The molecule has 1 fully saturated rings. The predicted octanol–water partition coefficient (Wildman–Crippen LogP) is 1.68. The highest BCUT2D eigenvalue weighted by molar-refractivity contribution is 7.99. The molecule has 104 valence electrons. The van der Waals surface area contributed by atoms with Crippen LogP contribution in [-0.4, -0.2) is 41.2 Å². The van der Waals surface area contributed by atoms with E-state index in [9.17, 15) is 9.59 Å². The maximum Gasteiger partial charge on any atom is 0.315 e. The molecule has 0 aromatic heterocycles. The standard InChI is InChI=1S/C12H22N2O3S/c1-8(18-2)7-13-12(17)14-10-5-3-4-9(6-10)11(15)16/h8-10H,3-7H2,1-2H3,(H,15,16)(H2,13,14,17). The molecule has 6 heteroatoms. The van der Waals surface area contributed by atoms with Gasteiger partial charge >= 0.3 is 12.0 Å². The van der Waals surface area contributed by atoms with Gasteiger partial charge in [-0.05, 0) is 25.5 Å².